The molecule has 0 atom stereocenters. The van der Waals surface area contributed by atoms with Crippen LogP contribution in [-0.4, -0.2) is 38.4 Å². The number of hydrogen-bond acceptors (Lipinski definition) is 6. The van der Waals surface area contributed by atoms with Gasteiger partial charge in [0.05, 0.1) is 17.6 Å². The predicted octanol–water partition coefficient (Wildman–Crippen LogP) is 5.39. The lowest BCUT2D eigenvalue weighted by molar-refractivity contribution is -0.115. The van der Waals surface area contributed by atoms with Crippen LogP contribution in [0.4, 0.5) is 33.5 Å². The number of rotatable bonds is 7. The summed E-state index contributed by atoms with van der Waals surface area (Å²) in [6, 6.07) is 9.65. The van der Waals surface area contributed by atoms with E-state index in [2.05, 4.69) is 25.7 Å². The number of aromatic nitrogens is 4. The summed E-state index contributed by atoms with van der Waals surface area (Å²) in [4.78, 5) is 20.4. The molecule has 182 valence electrons. The molecule has 13 heteroatoms. The molecule has 4 rings (SSSR count). The summed E-state index contributed by atoms with van der Waals surface area (Å²) in [6.07, 6.45) is -3.89. The van der Waals surface area contributed by atoms with Gasteiger partial charge in [-0.3, -0.25) is 4.79 Å². The summed E-state index contributed by atoms with van der Waals surface area (Å²) < 4.78 is 70.8. The minimum Gasteiger partial charge on any atom is -0.444 e. The number of anilines is 2. The van der Waals surface area contributed by atoms with Crippen molar-refractivity contribution in [3.8, 4) is 17.1 Å². The molecule has 0 aliphatic heterocycles. The summed E-state index contributed by atoms with van der Waals surface area (Å²) in [7, 11) is 0. The van der Waals surface area contributed by atoms with Crippen LogP contribution in [0.2, 0.25) is 0 Å². The van der Waals surface area contributed by atoms with E-state index in [1.807, 2.05) is 6.92 Å². The van der Waals surface area contributed by atoms with Gasteiger partial charge >= 0.3 is 6.18 Å². The Morgan fingerprint density at radius 3 is 2.60 bits per heavy atom. The molecule has 0 aliphatic carbocycles. The Hall–Kier alpha value is -4.29. The van der Waals surface area contributed by atoms with E-state index in [4.69, 9.17) is 4.42 Å². The SMILES string of the molecule is Cc1ccc(-n2cc(NC(=O)c3coc(-c4ccnc(NCC(F)(F)F)c4)n3)c(C(F)F)n2)cc1. The molecular formula is C22H17F5N6O2. The zero-order chi connectivity index (χ0) is 25.2. The lowest BCUT2D eigenvalue weighted by atomic mass is 10.2. The van der Waals surface area contributed by atoms with Gasteiger partial charge in [0, 0.05) is 11.8 Å². The van der Waals surface area contributed by atoms with Gasteiger partial charge in [0.2, 0.25) is 5.89 Å². The van der Waals surface area contributed by atoms with Crippen LogP contribution in [0.15, 0.2) is 59.5 Å². The minimum atomic E-state index is -4.43. The first-order valence-corrected chi connectivity index (χ1v) is 10.1. The predicted molar refractivity (Wildman–Crippen MR) is 115 cm³/mol. The van der Waals surface area contributed by atoms with Crippen molar-refractivity contribution in [3.05, 3.63) is 72.0 Å². The van der Waals surface area contributed by atoms with Crippen molar-refractivity contribution in [2.75, 3.05) is 17.2 Å². The van der Waals surface area contributed by atoms with Gasteiger partial charge in [0.15, 0.2) is 11.4 Å². The molecule has 0 aliphatic rings. The number of carbonyl (C=O) groups is 1. The molecule has 3 heterocycles. The molecule has 1 amide bonds. The van der Waals surface area contributed by atoms with E-state index in [-0.39, 0.29) is 28.7 Å². The van der Waals surface area contributed by atoms with Crippen molar-refractivity contribution >= 4 is 17.4 Å². The minimum absolute atomic E-state index is 0.0722. The fourth-order valence-electron chi connectivity index (χ4n) is 3.02. The number of benzene rings is 1. The second-order valence-electron chi connectivity index (χ2n) is 7.40. The van der Waals surface area contributed by atoms with E-state index in [0.717, 1.165) is 11.8 Å². The molecule has 3 aromatic heterocycles. The Labute approximate surface area is 194 Å². The smallest absolute Gasteiger partial charge is 0.405 e. The summed E-state index contributed by atoms with van der Waals surface area (Å²) >= 11 is 0. The van der Waals surface area contributed by atoms with Gasteiger partial charge < -0.3 is 15.1 Å². The first kappa shape index (κ1) is 23.9. The second kappa shape index (κ2) is 9.52. The van der Waals surface area contributed by atoms with Gasteiger partial charge in [-0.25, -0.2) is 23.4 Å². The number of pyridine rings is 1. The second-order valence-corrected chi connectivity index (χ2v) is 7.40. The molecule has 4 aromatic rings. The first-order valence-electron chi connectivity index (χ1n) is 10.1. The van der Waals surface area contributed by atoms with Crippen LogP contribution >= 0.6 is 0 Å². The van der Waals surface area contributed by atoms with Crippen LogP contribution in [0.1, 0.15) is 28.2 Å². The number of hydrogen-bond donors (Lipinski definition) is 2. The largest absolute Gasteiger partial charge is 0.444 e. The molecule has 8 nitrogen and oxygen atoms in total. The monoisotopic (exact) mass is 492 g/mol. The average Bonchev–Trinajstić information content (AvgIpc) is 3.46. The third-order valence-electron chi connectivity index (χ3n) is 4.71. The number of aryl methyl sites for hydroxylation is 1. The summed E-state index contributed by atoms with van der Waals surface area (Å²) in [6.45, 7) is 0.590. The molecule has 2 N–H and O–H groups in total. The summed E-state index contributed by atoms with van der Waals surface area (Å²) in [5.41, 5.74) is 0.682. The highest BCUT2D eigenvalue weighted by Gasteiger charge is 2.27. The standard InChI is InChI=1S/C22H17F5N6O2/c1-12-2-4-14(5-3-12)33-9-15(18(32-33)19(23)24)30-20(34)16-10-35-21(31-16)13-6-7-28-17(8-13)29-11-22(25,26)27/h2-10,19H,11H2,1H3,(H,28,29)(H,30,34). The molecule has 1 aromatic carbocycles. The van der Waals surface area contributed by atoms with Crippen LogP contribution in [0.5, 0.6) is 0 Å². The maximum absolute atomic E-state index is 13.5. The number of oxazole rings is 1. The number of carbonyl (C=O) groups excluding carboxylic acids is 1. The van der Waals surface area contributed by atoms with E-state index in [1.165, 1.54) is 29.2 Å². The van der Waals surface area contributed by atoms with Gasteiger partial charge in [0.25, 0.3) is 12.3 Å². The van der Waals surface area contributed by atoms with Crippen molar-refractivity contribution in [3.63, 3.8) is 0 Å². The van der Waals surface area contributed by atoms with Crippen molar-refractivity contribution in [1.29, 1.82) is 0 Å². The molecule has 0 radical (unpaired) electrons. The van der Waals surface area contributed by atoms with Gasteiger partial charge in [-0.2, -0.15) is 18.3 Å². The molecule has 35 heavy (non-hydrogen) atoms. The zero-order valence-corrected chi connectivity index (χ0v) is 18.0. The van der Waals surface area contributed by atoms with Gasteiger partial charge in [0.1, 0.15) is 18.6 Å². The van der Waals surface area contributed by atoms with Crippen molar-refractivity contribution < 1.29 is 31.2 Å². The Kier molecular flexibility index (Phi) is 6.49. The van der Waals surface area contributed by atoms with E-state index in [0.29, 0.717) is 5.69 Å². The fraction of sp³-hybridized carbons (Fsp3) is 0.182. The highest BCUT2D eigenvalue weighted by atomic mass is 19.4. The summed E-state index contributed by atoms with van der Waals surface area (Å²) in [5, 5.41) is 8.34. The Bertz CT molecular complexity index is 1330. The van der Waals surface area contributed by atoms with E-state index in [1.54, 1.807) is 24.3 Å². The van der Waals surface area contributed by atoms with Crippen LogP contribution in [0.25, 0.3) is 17.1 Å². The normalized spacial score (nSPS) is 11.6. The number of alkyl halides is 5. The maximum Gasteiger partial charge on any atom is 0.405 e. The molecule has 0 saturated carbocycles. The van der Waals surface area contributed by atoms with E-state index < -0.39 is 30.7 Å². The highest BCUT2D eigenvalue weighted by Crippen LogP contribution is 2.28. The molecule has 0 bridgehead atoms. The Balaban J connectivity index is 1.52. The van der Waals surface area contributed by atoms with Crippen LogP contribution in [-0.2, 0) is 0 Å². The molecule has 0 spiro atoms. The van der Waals surface area contributed by atoms with Gasteiger partial charge in [-0.05, 0) is 31.2 Å². The van der Waals surface area contributed by atoms with Gasteiger partial charge in [-0.1, -0.05) is 17.7 Å². The first-order chi connectivity index (χ1) is 16.6. The molecular weight excluding hydrogens is 475 g/mol. The lowest BCUT2D eigenvalue weighted by Gasteiger charge is -2.08. The Morgan fingerprint density at radius 1 is 1.17 bits per heavy atom. The Morgan fingerprint density at radius 2 is 1.91 bits per heavy atom. The zero-order valence-electron chi connectivity index (χ0n) is 18.0. The number of amides is 1. The van der Waals surface area contributed by atoms with Gasteiger partial charge in [-0.15, -0.1) is 0 Å². The van der Waals surface area contributed by atoms with Crippen molar-refractivity contribution in [2.24, 2.45) is 0 Å². The topological polar surface area (TPSA) is 97.9 Å². The number of nitrogens with zero attached hydrogens (tertiary/aromatic N) is 4. The lowest BCUT2D eigenvalue weighted by Crippen LogP contribution is -2.21. The quantitative estimate of drug-likeness (QED) is 0.336. The fourth-order valence-corrected chi connectivity index (χ4v) is 3.02. The van der Waals surface area contributed by atoms with E-state index in [9.17, 15) is 26.7 Å². The van der Waals surface area contributed by atoms with Crippen molar-refractivity contribution in [1.82, 2.24) is 19.7 Å². The summed E-state index contributed by atoms with van der Waals surface area (Å²) in [5.74, 6) is -0.985. The highest BCUT2D eigenvalue weighted by molar-refractivity contribution is 6.03. The van der Waals surface area contributed by atoms with E-state index >= 15 is 0 Å². The van der Waals surface area contributed by atoms with Crippen LogP contribution < -0.4 is 10.6 Å². The third-order valence-corrected chi connectivity index (χ3v) is 4.71. The maximum atomic E-state index is 13.5. The average molecular weight is 492 g/mol. The molecule has 0 unspecified atom stereocenters. The van der Waals surface area contributed by atoms with Crippen LogP contribution in [0.3, 0.4) is 0 Å². The van der Waals surface area contributed by atoms with Crippen molar-refractivity contribution in [2.45, 2.75) is 19.5 Å². The number of nitrogens with one attached hydrogen (secondary N) is 2. The molecule has 0 saturated heterocycles. The van der Waals surface area contributed by atoms with Crippen LogP contribution in [0, 0.1) is 6.92 Å². The molecule has 0 fully saturated rings. The number of halogens is 5. The third kappa shape index (κ3) is 5.80.